The van der Waals surface area contributed by atoms with Crippen LogP contribution in [0.15, 0.2) is 33.4 Å². The molecule has 0 saturated heterocycles. The molecule has 0 radical (unpaired) electrons. The number of benzene rings is 1. The van der Waals surface area contributed by atoms with Crippen molar-refractivity contribution in [2.24, 2.45) is 0 Å². The molecule has 0 aliphatic rings. The van der Waals surface area contributed by atoms with Crippen molar-refractivity contribution in [2.45, 2.75) is 0 Å². The van der Waals surface area contributed by atoms with Crippen LogP contribution in [0.5, 0.6) is 0 Å². The zero-order valence-corrected chi connectivity index (χ0v) is 10.2. The lowest BCUT2D eigenvalue weighted by molar-refractivity contribution is 0.103. The highest BCUT2D eigenvalue weighted by atomic mass is 79.9. The smallest absolute Gasteiger partial charge is 0.198 e. The molecule has 0 aliphatic carbocycles. The third kappa shape index (κ3) is 2.05. The molecule has 0 atom stereocenters. The van der Waals surface area contributed by atoms with Crippen LogP contribution < -0.4 is 0 Å². The maximum absolute atomic E-state index is 13.3. The van der Waals surface area contributed by atoms with E-state index in [0.29, 0.717) is 10.0 Å². The van der Waals surface area contributed by atoms with Gasteiger partial charge in [0, 0.05) is 20.8 Å². The molecule has 16 heavy (non-hydrogen) atoms. The maximum Gasteiger partial charge on any atom is 0.198 e. The first-order valence-electron chi connectivity index (χ1n) is 4.31. The second kappa shape index (κ2) is 4.43. The molecule has 2 rings (SSSR count). The average molecular weight is 303 g/mol. The van der Waals surface area contributed by atoms with E-state index >= 15 is 0 Å². The van der Waals surface area contributed by atoms with Gasteiger partial charge in [-0.05, 0) is 34.1 Å². The van der Waals surface area contributed by atoms with Crippen LogP contribution in [-0.4, -0.2) is 5.78 Å². The van der Waals surface area contributed by atoms with Crippen molar-refractivity contribution in [3.8, 4) is 0 Å². The van der Waals surface area contributed by atoms with E-state index in [-0.39, 0.29) is 5.56 Å². The number of halogens is 3. The van der Waals surface area contributed by atoms with E-state index in [1.165, 1.54) is 11.3 Å². The Labute approximate surface area is 103 Å². The largest absolute Gasteiger partial charge is 0.288 e. The second-order valence-electron chi connectivity index (χ2n) is 3.09. The Morgan fingerprint density at radius 3 is 2.56 bits per heavy atom. The Balaban J connectivity index is 2.49. The summed E-state index contributed by atoms with van der Waals surface area (Å²) in [7, 11) is 0. The standard InChI is InChI=1S/C11H5BrF2OS/c12-9-5-16-4-8(9)11(15)7-3-6(13)1-2-10(7)14/h1-5H. The van der Waals surface area contributed by atoms with E-state index in [2.05, 4.69) is 15.9 Å². The molecule has 0 N–H and O–H groups in total. The Kier molecular flexibility index (Phi) is 3.16. The number of ketones is 1. The molecule has 1 aromatic carbocycles. The Hall–Kier alpha value is -1.07. The number of carbonyl (C=O) groups is 1. The quantitative estimate of drug-likeness (QED) is 0.766. The first kappa shape index (κ1) is 11.4. The molecule has 0 amide bonds. The van der Waals surface area contributed by atoms with Crippen LogP contribution in [0.2, 0.25) is 0 Å². The SMILES string of the molecule is O=C(c1cc(F)ccc1F)c1cscc1Br. The molecule has 1 aromatic heterocycles. The molecule has 0 spiro atoms. The highest BCUT2D eigenvalue weighted by Gasteiger charge is 2.17. The summed E-state index contributed by atoms with van der Waals surface area (Å²) in [6.45, 7) is 0. The Morgan fingerprint density at radius 2 is 1.94 bits per heavy atom. The van der Waals surface area contributed by atoms with E-state index in [4.69, 9.17) is 0 Å². The van der Waals surface area contributed by atoms with Crippen molar-refractivity contribution in [1.82, 2.24) is 0 Å². The monoisotopic (exact) mass is 302 g/mol. The minimum atomic E-state index is -0.718. The summed E-state index contributed by atoms with van der Waals surface area (Å²) < 4.78 is 26.9. The predicted octanol–water partition coefficient (Wildman–Crippen LogP) is 4.02. The molecule has 1 nitrogen and oxygen atoms in total. The molecule has 0 aliphatic heterocycles. The van der Waals surface area contributed by atoms with E-state index in [1.807, 2.05) is 0 Å². The summed E-state index contributed by atoms with van der Waals surface area (Å²) in [6.07, 6.45) is 0. The first-order valence-corrected chi connectivity index (χ1v) is 6.04. The fraction of sp³-hybridized carbons (Fsp3) is 0. The lowest BCUT2D eigenvalue weighted by atomic mass is 10.1. The van der Waals surface area contributed by atoms with Gasteiger partial charge in [-0.15, -0.1) is 0 Å². The average Bonchev–Trinajstić information content (AvgIpc) is 2.67. The summed E-state index contributed by atoms with van der Waals surface area (Å²) in [5, 5.41) is 3.31. The molecule has 1 heterocycles. The molecule has 0 fully saturated rings. The number of thiophene rings is 1. The zero-order valence-electron chi connectivity index (χ0n) is 7.84. The molecule has 0 saturated carbocycles. The summed E-state index contributed by atoms with van der Waals surface area (Å²) in [6, 6.07) is 2.83. The number of hydrogen-bond acceptors (Lipinski definition) is 2. The van der Waals surface area contributed by atoms with Gasteiger partial charge in [-0.25, -0.2) is 8.78 Å². The van der Waals surface area contributed by atoms with Crippen LogP contribution in [-0.2, 0) is 0 Å². The van der Waals surface area contributed by atoms with Gasteiger partial charge in [0.1, 0.15) is 11.6 Å². The van der Waals surface area contributed by atoms with Gasteiger partial charge in [-0.2, -0.15) is 11.3 Å². The lowest BCUT2D eigenvalue weighted by Gasteiger charge is -2.01. The number of rotatable bonds is 2. The minimum Gasteiger partial charge on any atom is -0.288 e. The van der Waals surface area contributed by atoms with Gasteiger partial charge in [0.15, 0.2) is 5.78 Å². The Bertz CT molecular complexity index is 551. The third-order valence-electron chi connectivity index (χ3n) is 2.03. The van der Waals surface area contributed by atoms with Gasteiger partial charge in [0.05, 0.1) is 5.56 Å². The summed E-state index contributed by atoms with van der Waals surface area (Å²) in [5.41, 5.74) is 0.0913. The van der Waals surface area contributed by atoms with Crippen molar-refractivity contribution in [2.75, 3.05) is 0 Å². The lowest BCUT2D eigenvalue weighted by Crippen LogP contribution is -2.04. The van der Waals surface area contributed by atoms with Crippen LogP contribution in [0, 0.1) is 11.6 Å². The summed E-state index contributed by atoms with van der Waals surface area (Å²) in [4.78, 5) is 11.9. The Morgan fingerprint density at radius 1 is 1.19 bits per heavy atom. The van der Waals surface area contributed by atoms with Crippen LogP contribution in [0.3, 0.4) is 0 Å². The van der Waals surface area contributed by atoms with E-state index in [1.54, 1.807) is 10.8 Å². The highest BCUT2D eigenvalue weighted by Crippen LogP contribution is 2.25. The van der Waals surface area contributed by atoms with Gasteiger partial charge < -0.3 is 0 Å². The van der Waals surface area contributed by atoms with Crippen LogP contribution in [0.25, 0.3) is 0 Å². The molecule has 0 bridgehead atoms. The maximum atomic E-state index is 13.3. The summed E-state index contributed by atoms with van der Waals surface area (Å²) in [5.74, 6) is -1.87. The molecule has 0 unspecified atom stereocenters. The molecular weight excluding hydrogens is 298 g/mol. The van der Waals surface area contributed by atoms with Gasteiger partial charge in [0.2, 0.25) is 0 Å². The van der Waals surface area contributed by atoms with Gasteiger partial charge in [0.25, 0.3) is 0 Å². The second-order valence-corrected chi connectivity index (χ2v) is 4.68. The predicted molar refractivity (Wildman–Crippen MR) is 61.8 cm³/mol. The molecular formula is C11H5BrF2OS. The zero-order chi connectivity index (χ0) is 11.7. The van der Waals surface area contributed by atoms with E-state index in [9.17, 15) is 13.6 Å². The third-order valence-corrected chi connectivity index (χ3v) is 3.74. The van der Waals surface area contributed by atoms with Crippen LogP contribution >= 0.6 is 27.3 Å². The molecule has 2 aromatic rings. The highest BCUT2D eigenvalue weighted by molar-refractivity contribution is 9.10. The minimum absolute atomic E-state index is 0.251. The first-order chi connectivity index (χ1) is 7.59. The molecule has 5 heteroatoms. The number of carbonyl (C=O) groups excluding carboxylic acids is 1. The fourth-order valence-electron chi connectivity index (χ4n) is 1.26. The van der Waals surface area contributed by atoms with Gasteiger partial charge in [-0.3, -0.25) is 4.79 Å². The van der Waals surface area contributed by atoms with Crippen molar-refractivity contribution in [3.63, 3.8) is 0 Å². The van der Waals surface area contributed by atoms with Crippen molar-refractivity contribution in [3.05, 3.63) is 56.2 Å². The van der Waals surface area contributed by atoms with Crippen molar-refractivity contribution in [1.29, 1.82) is 0 Å². The number of hydrogen-bond donors (Lipinski definition) is 0. The van der Waals surface area contributed by atoms with Crippen molar-refractivity contribution < 1.29 is 13.6 Å². The fourth-order valence-corrected chi connectivity index (χ4v) is 2.71. The van der Waals surface area contributed by atoms with Crippen molar-refractivity contribution >= 4 is 33.0 Å². The van der Waals surface area contributed by atoms with Gasteiger partial charge in [-0.1, -0.05) is 0 Å². The van der Waals surface area contributed by atoms with Crippen LogP contribution in [0.4, 0.5) is 8.78 Å². The summed E-state index contributed by atoms with van der Waals surface area (Å²) >= 11 is 4.50. The normalized spacial score (nSPS) is 10.4. The van der Waals surface area contributed by atoms with Crippen LogP contribution in [0.1, 0.15) is 15.9 Å². The topological polar surface area (TPSA) is 17.1 Å². The van der Waals surface area contributed by atoms with Gasteiger partial charge >= 0.3 is 0 Å². The van der Waals surface area contributed by atoms with E-state index < -0.39 is 17.4 Å². The van der Waals surface area contributed by atoms with E-state index in [0.717, 1.165) is 18.2 Å². The molecule has 82 valence electrons.